The number of carbonyl (C=O) groups excluding carboxylic acids is 1. The molecule has 2 aromatic carbocycles. The third-order valence-electron chi connectivity index (χ3n) is 3.55. The summed E-state index contributed by atoms with van der Waals surface area (Å²) in [5.41, 5.74) is -0.517. The lowest BCUT2D eigenvalue weighted by atomic mass is 9.96. The number of nitrogens with one attached hydrogen (secondary N) is 2. The Hall–Kier alpha value is -2.60. The molecule has 1 atom stereocenters. The molecule has 0 heterocycles. The van der Waals surface area contributed by atoms with E-state index in [0.717, 1.165) is 0 Å². The average Bonchev–Trinajstić information content (AvgIpc) is 2.56. The van der Waals surface area contributed by atoms with E-state index in [4.69, 9.17) is 4.74 Å². The Morgan fingerprint density at radius 1 is 1.24 bits per heavy atom. The molecule has 134 valence electrons. The van der Waals surface area contributed by atoms with Crippen LogP contribution in [-0.4, -0.2) is 23.8 Å². The van der Waals surface area contributed by atoms with Crippen molar-refractivity contribution in [3.8, 4) is 5.75 Å². The zero-order valence-corrected chi connectivity index (χ0v) is 14.5. The monoisotopic (exact) mass is 346 g/mol. The van der Waals surface area contributed by atoms with Gasteiger partial charge in [0.2, 0.25) is 0 Å². The fraction of sp³-hybridized carbons (Fsp3) is 0.316. The van der Waals surface area contributed by atoms with Crippen molar-refractivity contribution in [2.24, 2.45) is 0 Å². The predicted octanol–water partition coefficient (Wildman–Crippen LogP) is 3.64. The van der Waals surface area contributed by atoms with Crippen molar-refractivity contribution in [1.82, 2.24) is 5.32 Å². The van der Waals surface area contributed by atoms with Crippen molar-refractivity contribution in [3.63, 3.8) is 0 Å². The number of rotatable bonds is 6. The van der Waals surface area contributed by atoms with Crippen molar-refractivity contribution in [2.75, 3.05) is 11.9 Å². The van der Waals surface area contributed by atoms with Gasteiger partial charge in [0.1, 0.15) is 17.2 Å². The van der Waals surface area contributed by atoms with Gasteiger partial charge in [-0.3, -0.25) is 0 Å². The number of benzene rings is 2. The fourth-order valence-electron chi connectivity index (χ4n) is 2.26. The number of hydrogen-bond acceptors (Lipinski definition) is 3. The first-order chi connectivity index (χ1) is 11.8. The minimum Gasteiger partial charge on any atom is -0.491 e. The van der Waals surface area contributed by atoms with Crippen molar-refractivity contribution < 1.29 is 19.0 Å². The highest BCUT2D eigenvalue weighted by Crippen LogP contribution is 2.22. The quantitative estimate of drug-likeness (QED) is 0.748. The highest BCUT2D eigenvalue weighted by Gasteiger charge is 2.23. The van der Waals surface area contributed by atoms with Gasteiger partial charge in [0.25, 0.3) is 0 Å². The summed E-state index contributed by atoms with van der Waals surface area (Å²) < 4.78 is 19.4. The summed E-state index contributed by atoms with van der Waals surface area (Å²) in [6.07, 6.45) is -0.0678. The zero-order chi connectivity index (χ0) is 18.4. The van der Waals surface area contributed by atoms with E-state index in [2.05, 4.69) is 10.6 Å². The molecular formula is C19H23FN2O3. The standard InChI is InChI=1S/C19H23FN2O3/c1-13(2)25-15-9-10-17(16(20)11-15)22-18(23)21-12-19(3,24)14-7-5-4-6-8-14/h4-11,13,24H,12H2,1-3H3,(H2,21,22,23). The minimum absolute atomic E-state index is 0.0149. The second kappa shape index (κ2) is 7.98. The molecule has 2 rings (SSSR count). The van der Waals surface area contributed by atoms with Crippen LogP contribution in [0.25, 0.3) is 0 Å². The Labute approximate surface area is 146 Å². The number of hydrogen-bond donors (Lipinski definition) is 3. The van der Waals surface area contributed by atoms with Crippen LogP contribution in [0.15, 0.2) is 48.5 Å². The smallest absolute Gasteiger partial charge is 0.319 e. The Kier molecular flexibility index (Phi) is 5.98. The first kappa shape index (κ1) is 18.7. The van der Waals surface area contributed by atoms with Gasteiger partial charge in [0.15, 0.2) is 0 Å². The Bertz CT molecular complexity index is 718. The van der Waals surface area contributed by atoms with E-state index in [1.165, 1.54) is 12.1 Å². The van der Waals surface area contributed by atoms with Gasteiger partial charge in [-0.1, -0.05) is 30.3 Å². The summed E-state index contributed by atoms with van der Waals surface area (Å²) in [7, 11) is 0. The van der Waals surface area contributed by atoms with Crippen LogP contribution in [0.1, 0.15) is 26.3 Å². The largest absolute Gasteiger partial charge is 0.491 e. The SMILES string of the molecule is CC(C)Oc1ccc(NC(=O)NCC(C)(O)c2ccccc2)c(F)c1. The minimum atomic E-state index is -1.23. The molecule has 25 heavy (non-hydrogen) atoms. The summed E-state index contributed by atoms with van der Waals surface area (Å²) >= 11 is 0. The first-order valence-electron chi connectivity index (χ1n) is 8.07. The predicted molar refractivity (Wildman–Crippen MR) is 95.2 cm³/mol. The normalized spacial score (nSPS) is 13.2. The molecule has 0 radical (unpaired) electrons. The maximum absolute atomic E-state index is 14.0. The number of ether oxygens (including phenoxy) is 1. The molecule has 2 aromatic rings. The van der Waals surface area contributed by atoms with E-state index >= 15 is 0 Å². The number of amides is 2. The molecule has 0 bridgehead atoms. The van der Waals surface area contributed by atoms with Crippen LogP contribution in [0.3, 0.4) is 0 Å². The van der Waals surface area contributed by atoms with Gasteiger partial charge >= 0.3 is 6.03 Å². The third kappa shape index (κ3) is 5.46. The average molecular weight is 346 g/mol. The molecule has 0 aliphatic carbocycles. The molecule has 0 spiro atoms. The zero-order valence-electron chi connectivity index (χ0n) is 14.5. The lowest BCUT2D eigenvalue weighted by Gasteiger charge is -2.24. The lowest BCUT2D eigenvalue weighted by Crippen LogP contribution is -2.40. The van der Waals surface area contributed by atoms with Crippen molar-refractivity contribution in [2.45, 2.75) is 32.5 Å². The van der Waals surface area contributed by atoms with Crippen LogP contribution < -0.4 is 15.4 Å². The van der Waals surface area contributed by atoms with Crippen LogP contribution in [0.4, 0.5) is 14.9 Å². The van der Waals surface area contributed by atoms with Gasteiger partial charge < -0.3 is 20.5 Å². The van der Waals surface area contributed by atoms with Crippen molar-refractivity contribution in [3.05, 3.63) is 59.9 Å². The van der Waals surface area contributed by atoms with Crippen LogP contribution in [0.2, 0.25) is 0 Å². The number of carbonyl (C=O) groups is 1. The molecule has 0 fully saturated rings. The van der Waals surface area contributed by atoms with E-state index in [0.29, 0.717) is 11.3 Å². The highest BCUT2D eigenvalue weighted by molar-refractivity contribution is 5.89. The molecule has 0 saturated carbocycles. The molecule has 0 aliphatic rings. The maximum Gasteiger partial charge on any atom is 0.319 e. The molecular weight excluding hydrogens is 323 g/mol. The molecule has 3 N–H and O–H groups in total. The summed E-state index contributed by atoms with van der Waals surface area (Å²) in [5.74, 6) is -0.200. The molecule has 5 nitrogen and oxygen atoms in total. The molecule has 0 aliphatic heterocycles. The van der Waals surface area contributed by atoms with Crippen LogP contribution >= 0.6 is 0 Å². The third-order valence-corrected chi connectivity index (χ3v) is 3.55. The maximum atomic E-state index is 14.0. The number of aliphatic hydroxyl groups is 1. The van der Waals surface area contributed by atoms with E-state index in [1.807, 2.05) is 19.9 Å². The van der Waals surface area contributed by atoms with E-state index in [-0.39, 0.29) is 18.3 Å². The van der Waals surface area contributed by atoms with Gasteiger partial charge in [-0.05, 0) is 38.5 Å². The number of anilines is 1. The highest BCUT2D eigenvalue weighted by atomic mass is 19.1. The summed E-state index contributed by atoms with van der Waals surface area (Å²) in [6.45, 7) is 5.27. The molecule has 2 amide bonds. The molecule has 0 aromatic heterocycles. The van der Waals surface area contributed by atoms with E-state index in [1.54, 1.807) is 37.3 Å². The van der Waals surface area contributed by atoms with Crippen molar-refractivity contribution in [1.29, 1.82) is 0 Å². The topological polar surface area (TPSA) is 70.6 Å². The number of halogens is 1. The summed E-state index contributed by atoms with van der Waals surface area (Å²) in [6, 6.07) is 12.6. The second-order valence-corrected chi connectivity index (χ2v) is 6.26. The van der Waals surface area contributed by atoms with Crippen molar-refractivity contribution >= 4 is 11.7 Å². The molecule has 1 unspecified atom stereocenters. The van der Waals surface area contributed by atoms with Gasteiger partial charge in [-0.15, -0.1) is 0 Å². The second-order valence-electron chi connectivity index (χ2n) is 6.26. The van der Waals surface area contributed by atoms with E-state index < -0.39 is 17.4 Å². The van der Waals surface area contributed by atoms with Gasteiger partial charge in [-0.2, -0.15) is 0 Å². The van der Waals surface area contributed by atoms with Crippen LogP contribution in [-0.2, 0) is 5.60 Å². The van der Waals surface area contributed by atoms with Gasteiger partial charge in [0, 0.05) is 6.07 Å². The lowest BCUT2D eigenvalue weighted by molar-refractivity contribution is 0.0599. The fourth-order valence-corrected chi connectivity index (χ4v) is 2.26. The van der Waals surface area contributed by atoms with Crippen LogP contribution in [0.5, 0.6) is 5.75 Å². The molecule has 0 saturated heterocycles. The summed E-state index contributed by atoms with van der Waals surface area (Å²) in [4.78, 5) is 12.0. The van der Waals surface area contributed by atoms with Crippen LogP contribution in [0, 0.1) is 5.82 Å². The van der Waals surface area contributed by atoms with Gasteiger partial charge in [0.05, 0.1) is 18.3 Å². The molecule has 6 heteroatoms. The summed E-state index contributed by atoms with van der Waals surface area (Å²) in [5, 5.41) is 15.4. The Balaban J connectivity index is 1.94. The van der Waals surface area contributed by atoms with E-state index in [9.17, 15) is 14.3 Å². The first-order valence-corrected chi connectivity index (χ1v) is 8.07. The van der Waals surface area contributed by atoms with Gasteiger partial charge in [-0.25, -0.2) is 9.18 Å². The Morgan fingerprint density at radius 2 is 1.92 bits per heavy atom. The Morgan fingerprint density at radius 3 is 2.52 bits per heavy atom. The number of urea groups is 1.